The molecular formula is C13H20N4O. The molecule has 0 radical (unpaired) electrons. The molecule has 1 heterocycles. The molecule has 1 aliphatic rings. The van der Waals surface area contributed by atoms with Crippen LogP contribution in [-0.2, 0) is 4.79 Å². The van der Waals surface area contributed by atoms with Crippen LogP contribution in [-0.4, -0.2) is 43.0 Å². The topological polar surface area (TPSA) is 57.3 Å². The number of hydrogen-bond donors (Lipinski definition) is 2. The maximum atomic E-state index is 11.5. The van der Waals surface area contributed by atoms with E-state index in [9.17, 15) is 4.79 Å². The number of amides is 1. The van der Waals surface area contributed by atoms with Crippen LogP contribution < -0.4 is 10.6 Å². The highest BCUT2D eigenvalue weighted by Crippen LogP contribution is 2.30. The molecule has 0 saturated heterocycles. The van der Waals surface area contributed by atoms with E-state index >= 15 is 0 Å². The van der Waals surface area contributed by atoms with E-state index in [-0.39, 0.29) is 11.8 Å². The SMILES string of the molecule is CN(C)CCNc1ccc(NC(=O)C2CC2)cn1. The predicted octanol–water partition coefficient (Wildman–Crippen LogP) is 1.40. The van der Waals surface area contributed by atoms with Gasteiger partial charge in [-0.25, -0.2) is 4.98 Å². The van der Waals surface area contributed by atoms with Gasteiger partial charge in [0, 0.05) is 19.0 Å². The highest BCUT2D eigenvalue weighted by molar-refractivity contribution is 5.93. The molecule has 1 fully saturated rings. The van der Waals surface area contributed by atoms with Crippen LogP contribution in [0.1, 0.15) is 12.8 Å². The maximum Gasteiger partial charge on any atom is 0.227 e. The average molecular weight is 248 g/mol. The molecule has 1 aromatic rings. The van der Waals surface area contributed by atoms with E-state index < -0.39 is 0 Å². The van der Waals surface area contributed by atoms with Gasteiger partial charge in [0.2, 0.25) is 5.91 Å². The molecule has 0 bridgehead atoms. The number of anilines is 2. The third kappa shape index (κ3) is 4.00. The van der Waals surface area contributed by atoms with Crippen LogP contribution in [0.4, 0.5) is 11.5 Å². The zero-order valence-corrected chi connectivity index (χ0v) is 10.9. The molecule has 2 N–H and O–H groups in total. The first-order valence-electron chi connectivity index (χ1n) is 6.30. The summed E-state index contributed by atoms with van der Waals surface area (Å²) in [4.78, 5) is 17.9. The minimum absolute atomic E-state index is 0.116. The van der Waals surface area contributed by atoms with Crippen LogP contribution >= 0.6 is 0 Å². The standard InChI is InChI=1S/C13H20N4O/c1-17(2)8-7-14-12-6-5-11(9-15-12)16-13(18)10-3-4-10/h5-6,9-10H,3-4,7-8H2,1-2H3,(H,14,15)(H,16,18). The Morgan fingerprint density at radius 2 is 2.22 bits per heavy atom. The van der Waals surface area contributed by atoms with E-state index in [1.165, 1.54) is 0 Å². The Balaban J connectivity index is 1.79. The average Bonchev–Trinajstić information content (AvgIpc) is 3.15. The largest absolute Gasteiger partial charge is 0.369 e. The molecular weight excluding hydrogens is 228 g/mol. The van der Waals surface area contributed by atoms with Crippen molar-refractivity contribution in [1.82, 2.24) is 9.88 Å². The van der Waals surface area contributed by atoms with E-state index in [4.69, 9.17) is 0 Å². The predicted molar refractivity (Wildman–Crippen MR) is 72.6 cm³/mol. The summed E-state index contributed by atoms with van der Waals surface area (Å²) >= 11 is 0. The van der Waals surface area contributed by atoms with Crippen molar-refractivity contribution in [2.75, 3.05) is 37.8 Å². The second kappa shape index (κ2) is 5.82. The Labute approximate surface area is 108 Å². The summed E-state index contributed by atoms with van der Waals surface area (Å²) in [6, 6.07) is 3.77. The van der Waals surface area contributed by atoms with Crippen molar-refractivity contribution in [2.45, 2.75) is 12.8 Å². The van der Waals surface area contributed by atoms with Gasteiger partial charge in [0.15, 0.2) is 0 Å². The Morgan fingerprint density at radius 1 is 1.44 bits per heavy atom. The molecule has 5 heteroatoms. The van der Waals surface area contributed by atoms with Crippen LogP contribution in [0.25, 0.3) is 0 Å². The molecule has 0 unspecified atom stereocenters. The van der Waals surface area contributed by atoms with Gasteiger partial charge < -0.3 is 15.5 Å². The number of likely N-dealkylation sites (N-methyl/N-ethyl adjacent to an activating group) is 1. The molecule has 2 rings (SSSR count). The number of pyridine rings is 1. The number of aromatic nitrogens is 1. The van der Waals surface area contributed by atoms with Gasteiger partial charge in [-0.2, -0.15) is 0 Å². The molecule has 1 amide bonds. The summed E-state index contributed by atoms with van der Waals surface area (Å²) in [5.41, 5.74) is 0.769. The van der Waals surface area contributed by atoms with Gasteiger partial charge in [-0.05, 0) is 39.1 Å². The van der Waals surface area contributed by atoms with Gasteiger partial charge >= 0.3 is 0 Å². The van der Waals surface area contributed by atoms with Gasteiger partial charge in [0.05, 0.1) is 11.9 Å². The lowest BCUT2D eigenvalue weighted by atomic mass is 10.3. The van der Waals surface area contributed by atoms with E-state index in [0.29, 0.717) is 0 Å². The minimum Gasteiger partial charge on any atom is -0.369 e. The second-order valence-electron chi connectivity index (χ2n) is 4.93. The Kier molecular flexibility index (Phi) is 4.15. The van der Waals surface area contributed by atoms with E-state index in [0.717, 1.165) is 37.4 Å². The van der Waals surface area contributed by atoms with Crippen LogP contribution in [0, 0.1) is 5.92 Å². The number of carbonyl (C=O) groups excluding carboxylic acids is 1. The highest BCUT2D eigenvalue weighted by atomic mass is 16.2. The number of rotatable bonds is 6. The van der Waals surface area contributed by atoms with Crippen LogP contribution in [0.15, 0.2) is 18.3 Å². The Hall–Kier alpha value is -1.62. The van der Waals surface area contributed by atoms with Crippen molar-refractivity contribution in [3.05, 3.63) is 18.3 Å². The highest BCUT2D eigenvalue weighted by Gasteiger charge is 2.29. The second-order valence-corrected chi connectivity index (χ2v) is 4.93. The van der Waals surface area contributed by atoms with Gasteiger partial charge in [-0.3, -0.25) is 4.79 Å². The first-order chi connectivity index (χ1) is 8.65. The lowest BCUT2D eigenvalue weighted by Crippen LogP contribution is -2.21. The fourth-order valence-electron chi connectivity index (χ4n) is 1.57. The number of nitrogens with zero attached hydrogens (tertiary/aromatic N) is 2. The van der Waals surface area contributed by atoms with Crippen LogP contribution in [0.5, 0.6) is 0 Å². The van der Waals surface area contributed by atoms with Crippen LogP contribution in [0.3, 0.4) is 0 Å². The summed E-state index contributed by atoms with van der Waals surface area (Å²) < 4.78 is 0. The summed E-state index contributed by atoms with van der Waals surface area (Å²) in [5.74, 6) is 1.18. The maximum absolute atomic E-state index is 11.5. The van der Waals surface area contributed by atoms with Crippen molar-refractivity contribution in [2.24, 2.45) is 5.92 Å². The first kappa shape index (κ1) is 12.8. The third-order valence-corrected chi connectivity index (χ3v) is 2.84. The number of nitrogens with one attached hydrogen (secondary N) is 2. The summed E-state index contributed by atoms with van der Waals surface area (Å²) in [6.45, 7) is 1.82. The minimum atomic E-state index is 0.116. The summed E-state index contributed by atoms with van der Waals surface area (Å²) in [5, 5.41) is 6.09. The zero-order chi connectivity index (χ0) is 13.0. The smallest absolute Gasteiger partial charge is 0.227 e. The fourth-order valence-corrected chi connectivity index (χ4v) is 1.57. The molecule has 1 aromatic heterocycles. The van der Waals surface area contributed by atoms with Gasteiger partial charge in [-0.1, -0.05) is 0 Å². The molecule has 0 spiro atoms. The molecule has 18 heavy (non-hydrogen) atoms. The molecule has 0 aliphatic heterocycles. The molecule has 5 nitrogen and oxygen atoms in total. The monoisotopic (exact) mass is 248 g/mol. The quantitative estimate of drug-likeness (QED) is 0.799. The van der Waals surface area contributed by atoms with Gasteiger partial charge in [0.1, 0.15) is 5.82 Å². The van der Waals surface area contributed by atoms with Crippen molar-refractivity contribution in [1.29, 1.82) is 0 Å². The molecule has 0 atom stereocenters. The Bertz CT molecular complexity index is 398. The first-order valence-corrected chi connectivity index (χ1v) is 6.30. The molecule has 1 aliphatic carbocycles. The fraction of sp³-hybridized carbons (Fsp3) is 0.538. The molecule has 98 valence electrons. The van der Waals surface area contributed by atoms with E-state index in [1.54, 1.807) is 6.20 Å². The number of hydrogen-bond acceptors (Lipinski definition) is 4. The lowest BCUT2D eigenvalue weighted by molar-refractivity contribution is -0.117. The summed E-state index contributed by atoms with van der Waals surface area (Å²) in [6.07, 6.45) is 3.73. The lowest BCUT2D eigenvalue weighted by Gasteiger charge is -2.11. The van der Waals surface area contributed by atoms with Crippen molar-refractivity contribution < 1.29 is 4.79 Å². The summed E-state index contributed by atoms with van der Waals surface area (Å²) in [7, 11) is 4.07. The normalized spacial score (nSPS) is 14.6. The zero-order valence-electron chi connectivity index (χ0n) is 10.9. The molecule has 0 aromatic carbocycles. The molecule has 1 saturated carbocycles. The van der Waals surface area contributed by atoms with Crippen molar-refractivity contribution >= 4 is 17.4 Å². The van der Waals surface area contributed by atoms with E-state index in [1.807, 2.05) is 26.2 Å². The number of carbonyl (C=O) groups is 1. The van der Waals surface area contributed by atoms with Gasteiger partial charge in [0.25, 0.3) is 0 Å². The van der Waals surface area contributed by atoms with Gasteiger partial charge in [-0.15, -0.1) is 0 Å². The van der Waals surface area contributed by atoms with Crippen LogP contribution in [0.2, 0.25) is 0 Å². The van der Waals surface area contributed by atoms with Crippen molar-refractivity contribution in [3.8, 4) is 0 Å². The third-order valence-electron chi connectivity index (χ3n) is 2.84. The van der Waals surface area contributed by atoms with E-state index in [2.05, 4.69) is 20.5 Å². The Morgan fingerprint density at radius 3 is 2.78 bits per heavy atom. The van der Waals surface area contributed by atoms with Crippen molar-refractivity contribution in [3.63, 3.8) is 0 Å².